The average Bonchev–Trinajstić information content (AvgIpc) is 2.49. The summed E-state index contributed by atoms with van der Waals surface area (Å²) in [5.74, 6) is -0.741. The number of hydrogen-bond acceptors (Lipinski definition) is 4. The molecule has 1 aromatic carbocycles. The molecule has 114 valence electrons. The number of anilines is 1. The van der Waals surface area contributed by atoms with Crippen LogP contribution in [0.5, 0.6) is 5.88 Å². The van der Waals surface area contributed by atoms with E-state index >= 15 is 0 Å². The van der Waals surface area contributed by atoms with Crippen molar-refractivity contribution < 1.29 is 9.90 Å². The lowest BCUT2D eigenvalue weighted by Gasteiger charge is -2.18. The second kappa shape index (κ2) is 5.81. The maximum absolute atomic E-state index is 12.4. The summed E-state index contributed by atoms with van der Waals surface area (Å²) in [4.78, 5) is 28.7. The van der Waals surface area contributed by atoms with Crippen LogP contribution in [0.4, 0.5) is 5.69 Å². The molecular weight excluding hydrogens is 306 g/mol. The number of halogens is 1. The lowest BCUT2D eigenvalue weighted by atomic mass is 10.1. The Kier molecular flexibility index (Phi) is 3.85. The van der Waals surface area contributed by atoms with Gasteiger partial charge in [-0.3, -0.25) is 14.2 Å². The molecule has 1 aliphatic rings. The minimum Gasteiger partial charge on any atom is -0.493 e. The number of aromatic nitrogens is 2. The Morgan fingerprint density at radius 3 is 2.86 bits per heavy atom. The first-order valence-electron chi connectivity index (χ1n) is 6.96. The van der Waals surface area contributed by atoms with Gasteiger partial charge < -0.3 is 10.4 Å². The zero-order chi connectivity index (χ0) is 15.7. The van der Waals surface area contributed by atoms with Crippen molar-refractivity contribution in [3.8, 4) is 5.88 Å². The normalized spacial score (nSPS) is 13.5. The van der Waals surface area contributed by atoms with Gasteiger partial charge in [-0.2, -0.15) is 4.98 Å². The van der Waals surface area contributed by atoms with Gasteiger partial charge in [-0.05, 0) is 25.0 Å². The lowest BCUT2D eigenvalue weighted by Crippen LogP contribution is -2.34. The van der Waals surface area contributed by atoms with E-state index in [9.17, 15) is 14.7 Å². The summed E-state index contributed by atoms with van der Waals surface area (Å²) in [6.07, 6.45) is 2.39. The van der Waals surface area contributed by atoms with Gasteiger partial charge >= 0.3 is 0 Å². The van der Waals surface area contributed by atoms with Crippen LogP contribution >= 0.6 is 11.6 Å². The van der Waals surface area contributed by atoms with Crippen molar-refractivity contribution in [3.63, 3.8) is 0 Å². The van der Waals surface area contributed by atoms with Gasteiger partial charge in [0.2, 0.25) is 5.88 Å². The van der Waals surface area contributed by atoms with Crippen molar-refractivity contribution in [2.45, 2.75) is 25.8 Å². The molecule has 0 unspecified atom stereocenters. The van der Waals surface area contributed by atoms with Gasteiger partial charge in [0.1, 0.15) is 5.82 Å². The van der Waals surface area contributed by atoms with Crippen LogP contribution in [-0.4, -0.2) is 20.6 Å². The number of rotatable bonds is 2. The van der Waals surface area contributed by atoms with Crippen LogP contribution in [0.1, 0.15) is 29.0 Å². The first kappa shape index (κ1) is 14.6. The van der Waals surface area contributed by atoms with Gasteiger partial charge in [0.15, 0.2) is 5.56 Å². The van der Waals surface area contributed by atoms with Crippen LogP contribution in [0.15, 0.2) is 29.1 Å². The lowest BCUT2D eigenvalue weighted by molar-refractivity contribution is 0.102. The zero-order valence-electron chi connectivity index (χ0n) is 11.7. The Bertz CT molecular complexity index is 801. The van der Waals surface area contributed by atoms with Crippen molar-refractivity contribution in [3.05, 3.63) is 51.0 Å². The Hall–Kier alpha value is -2.34. The van der Waals surface area contributed by atoms with Crippen LogP contribution in [0.3, 0.4) is 0 Å². The van der Waals surface area contributed by atoms with Crippen LogP contribution in [0.25, 0.3) is 0 Å². The number of aryl methyl sites for hydroxylation is 1. The molecule has 1 aliphatic heterocycles. The number of fused-ring (bicyclic) bond motifs is 1. The van der Waals surface area contributed by atoms with Crippen LogP contribution in [-0.2, 0) is 13.0 Å². The Balaban J connectivity index is 2.00. The number of amides is 1. The number of para-hydroxylation sites is 1. The Morgan fingerprint density at radius 1 is 1.32 bits per heavy atom. The van der Waals surface area contributed by atoms with Gasteiger partial charge in [0.25, 0.3) is 11.5 Å². The SMILES string of the molecule is O=C(Nc1ccccc1Cl)c1c(O)nc2n(c1=O)CCCC2. The number of carbonyl (C=O) groups is 1. The van der Waals surface area contributed by atoms with Gasteiger partial charge in [-0.25, -0.2) is 0 Å². The maximum Gasteiger partial charge on any atom is 0.270 e. The highest BCUT2D eigenvalue weighted by atomic mass is 35.5. The molecule has 0 radical (unpaired) electrons. The molecule has 22 heavy (non-hydrogen) atoms. The molecule has 7 heteroatoms. The number of nitrogens with zero attached hydrogens (tertiary/aromatic N) is 2. The summed E-state index contributed by atoms with van der Waals surface area (Å²) >= 11 is 5.97. The molecule has 1 aromatic heterocycles. The molecule has 3 rings (SSSR count). The minimum absolute atomic E-state index is 0.348. The summed E-state index contributed by atoms with van der Waals surface area (Å²) in [5.41, 5.74) is -0.506. The quantitative estimate of drug-likeness (QED) is 0.888. The number of nitrogens with one attached hydrogen (secondary N) is 1. The average molecular weight is 320 g/mol. The van der Waals surface area contributed by atoms with Crippen molar-refractivity contribution in [1.29, 1.82) is 0 Å². The number of carbonyl (C=O) groups excluding carboxylic acids is 1. The smallest absolute Gasteiger partial charge is 0.270 e. The molecule has 0 saturated carbocycles. The summed E-state index contributed by atoms with van der Waals surface area (Å²) in [6, 6.07) is 6.67. The zero-order valence-corrected chi connectivity index (χ0v) is 12.4. The van der Waals surface area contributed by atoms with Crippen molar-refractivity contribution >= 4 is 23.2 Å². The molecule has 0 atom stereocenters. The predicted octanol–water partition coefficient (Wildman–Crippen LogP) is 2.19. The number of benzene rings is 1. The first-order valence-corrected chi connectivity index (χ1v) is 7.34. The van der Waals surface area contributed by atoms with E-state index in [-0.39, 0.29) is 5.56 Å². The van der Waals surface area contributed by atoms with Crippen molar-refractivity contribution in [2.75, 3.05) is 5.32 Å². The first-order chi connectivity index (χ1) is 10.6. The number of aromatic hydroxyl groups is 1. The predicted molar refractivity (Wildman–Crippen MR) is 82.5 cm³/mol. The highest BCUT2D eigenvalue weighted by Gasteiger charge is 2.24. The van der Waals surface area contributed by atoms with Crippen LogP contribution < -0.4 is 10.9 Å². The highest BCUT2D eigenvalue weighted by molar-refractivity contribution is 6.33. The van der Waals surface area contributed by atoms with E-state index in [1.807, 2.05) is 0 Å². The molecule has 0 bridgehead atoms. The molecule has 2 N–H and O–H groups in total. The molecule has 2 aromatic rings. The third-order valence-electron chi connectivity index (χ3n) is 3.61. The topological polar surface area (TPSA) is 84.2 Å². The van der Waals surface area contributed by atoms with Crippen molar-refractivity contribution in [1.82, 2.24) is 9.55 Å². The third-order valence-corrected chi connectivity index (χ3v) is 3.94. The van der Waals surface area contributed by atoms with Gasteiger partial charge in [0.05, 0.1) is 10.7 Å². The summed E-state index contributed by atoms with van der Waals surface area (Å²) in [7, 11) is 0. The Morgan fingerprint density at radius 2 is 2.09 bits per heavy atom. The van der Waals surface area contributed by atoms with E-state index < -0.39 is 17.3 Å². The summed E-state index contributed by atoms with van der Waals surface area (Å²) < 4.78 is 1.45. The second-order valence-electron chi connectivity index (χ2n) is 5.07. The fourth-order valence-electron chi connectivity index (χ4n) is 2.51. The maximum atomic E-state index is 12.4. The standard InChI is InChI=1S/C15H14ClN3O3/c16-9-5-1-2-6-10(9)17-13(20)12-14(21)18-11-7-3-4-8-19(11)15(12)22/h1-2,5-6,21H,3-4,7-8H2,(H,17,20). The fraction of sp³-hybridized carbons (Fsp3) is 0.267. The van der Waals surface area contributed by atoms with E-state index in [0.29, 0.717) is 29.5 Å². The Labute approximate surface area is 131 Å². The van der Waals surface area contributed by atoms with E-state index in [4.69, 9.17) is 11.6 Å². The van der Waals surface area contributed by atoms with E-state index in [2.05, 4.69) is 10.3 Å². The highest BCUT2D eigenvalue weighted by Crippen LogP contribution is 2.22. The van der Waals surface area contributed by atoms with E-state index in [1.54, 1.807) is 24.3 Å². The molecule has 0 fully saturated rings. The summed E-state index contributed by atoms with van der Waals surface area (Å²) in [6.45, 7) is 0.508. The fourth-order valence-corrected chi connectivity index (χ4v) is 2.69. The molecule has 0 saturated heterocycles. The van der Waals surface area contributed by atoms with Crippen LogP contribution in [0.2, 0.25) is 5.02 Å². The van der Waals surface area contributed by atoms with Gasteiger partial charge in [-0.15, -0.1) is 0 Å². The van der Waals surface area contributed by atoms with E-state index in [0.717, 1.165) is 12.8 Å². The monoisotopic (exact) mass is 319 g/mol. The minimum atomic E-state index is -0.719. The van der Waals surface area contributed by atoms with Crippen molar-refractivity contribution in [2.24, 2.45) is 0 Å². The van der Waals surface area contributed by atoms with Gasteiger partial charge in [0, 0.05) is 13.0 Å². The largest absolute Gasteiger partial charge is 0.493 e. The third kappa shape index (κ3) is 2.57. The molecule has 1 amide bonds. The number of hydrogen-bond donors (Lipinski definition) is 2. The molecular formula is C15H14ClN3O3. The summed E-state index contributed by atoms with van der Waals surface area (Å²) in [5, 5.41) is 12.8. The molecule has 0 aliphatic carbocycles. The molecule has 6 nitrogen and oxygen atoms in total. The molecule has 2 heterocycles. The van der Waals surface area contributed by atoms with Gasteiger partial charge in [-0.1, -0.05) is 23.7 Å². The second-order valence-corrected chi connectivity index (χ2v) is 5.48. The molecule has 0 spiro atoms. The van der Waals surface area contributed by atoms with E-state index in [1.165, 1.54) is 4.57 Å². The van der Waals surface area contributed by atoms with Crippen LogP contribution in [0, 0.1) is 0 Å².